The van der Waals surface area contributed by atoms with Crippen LogP contribution >= 0.6 is 0 Å². The number of hydrogen-bond acceptors (Lipinski definition) is 7. The van der Waals surface area contributed by atoms with E-state index >= 15 is 0 Å². The Hall–Kier alpha value is -4.25. The third-order valence-electron chi connectivity index (χ3n) is 10.3. The van der Waals surface area contributed by atoms with Crippen molar-refractivity contribution >= 4 is 38.5 Å². The van der Waals surface area contributed by atoms with Crippen LogP contribution in [0.15, 0.2) is 91.0 Å². The largest absolute Gasteiger partial charge is 0.387 e. The van der Waals surface area contributed by atoms with Crippen molar-refractivity contribution in [3.63, 3.8) is 0 Å². The number of benzene rings is 4. The number of fused-ring (bicyclic) bond motifs is 5. The molecule has 8 rings (SSSR count). The van der Waals surface area contributed by atoms with Gasteiger partial charge in [0, 0.05) is 45.3 Å². The minimum absolute atomic E-state index is 0.286. The first-order valence-corrected chi connectivity index (χ1v) is 18.1. The van der Waals surface area contributed by atoms with E-state index in [1.54, 1.807) is 6.92 Å². The van der Waals surface area contributed by atoms with Crippen molar-refractivity contribution in [3.8, 4) is 17.1 Å². The number of hydrogen-bond donors (Lipinski definition) is 3. The van der Waals surface area contributed by atoms with Crippen molar-refractivity contribution in [2.24, 2.45) is 0 Å². The highest BCUT2D eigenvalue weighted by atomic mass is 16.7. The van der Waals surface area contributed by atoms with E-state index in [1.807, 2.05) is 36.4 Å². The zero-order chi connectivity index (χ0) is 34.2. The van der Waals surface area contributed by atoms with Crippen LogP contribution in [0.1, 0.15) is 52.4 Å². The molecule has 4 aromatic carbocycles. The van der Waals surface area contributed by atoms with E-state index in [0.29, 0.717) is 0 Å². The normalized spacial score (nSPS) is 23.8. The highest BCUT2D eigenvalue weighted by Gasteiger charge is 2.48. The second-order valence-corrected chi connectivity index (χ2v) is 13.7. The monoisotopic (exact) mass is 674 g/mol. The number of nitrogens with one attached hydrogen (secondary N) is 1. The molecule has 2 aliphatic rings. The van der Waals surface area contributed by atoms with E-state index in [0.717, 1.165) is 40.3 Å². The van der Waals surface area contributed by atoms with Crippen molar-refractivity contribution in [3.05, 3.63) is 91.0 Å². The summed E-state index contributed by atoms with van der Waals surface area (Å²) in [5, 5.41) is 27.4. The van der Waals surface area contributed by atoms with Gasteiger partial charge in [-0.3, -0.25) is 4.57 Å². The lowest BCUT2D eigenvalue weighted by molar-refractivity contribution is -0.317. The number of aromatic nitrogens is 3. The van der Waals surface area contributed by atoms with Gasteiger partial charge < -0.3 is 34.3 Å². The Kier molecular flexibility index (Phi) is 9.33. The number of imidazole rings is 1. The van der Waals surface area contributed by atoms with Gasteiger partial charge in [-0.2, -0.15) is 0 Å². The minimum Gasteiger partial charge on any atom is -0.387 e. The van der Waals surface area contributed by atoms with E-state index in [9.17, 15) is 10.2 Å². The highest BCUT2D eigenvalue weighted by molar-refractivity contribution is 6.09. The Morgan fingerprint density at radius 2 is 1.52 bits per heavy atom. The van der Waals surface area contributed by atoms with Gasteiger partial charge in [-0.1, -0.05) is 69.4 Å². The van der Waals surface area contributed by atoms with Crippen molar-refractivity contribution < 1.29 is 24.4 Å². The lowest BCUT2D eigenvalue weighted by Gasteiger charge is -2.46. The molecule has 0 saturated carbocycles. The van der Waals surface area contributed by atoms with E-state index in [2.05, 4.69) is 76.0 Å². The minimum atomic E-state index is -1.17. The van der Waals surface area contributed by atoms with Gasteiger partial charge in [-0.25, -0.2) is 4.98 Å². The van der Waals surface area contributed by atoms with Gasteiger partial charge in [0.05, 0.1) is 17.6 Å². The fraction of sp³-hybridized carbons (Fsp3) is 0.390. The molecule has 2 aromatic heterocycles. The maximum atomic E-state index is 10.9. The molecule has 9 nitrogen and oxygen atoms in total. The Labute approximate surface area is 292 Å². The average molecular weight is 675 g/mol. The topological polar surface area (TPSA) is 103 Å². The standard InChI is InChI=1S/C41H46N4O5/c1-3-4-5-6-7-12-23-44-33-15-10-8-13-30(33)31-24-27(17-22-34(31)44)40-43-32-14-9-11-16-35(32)45(40)29-20-18-28(19-21-29)42-41-38(47)37(46)39-36(50-41)25-48-26(2)49-39/h8-11,13-22,24,26,36-39,41-42,46-47H,3-7,12,23,25H2,1-2H3/t26?,36-,37-,38-,39-,41-/m1/s1. The second-order valence-electron chi connectivity index (χ2n) is 13.7. The van der Waals surface area contributed by atoms with Crippen LogP contribution in [-0.2, 0) is 20.8 Å². The molecular weight excluding hydrogens is 628 g/mol. The molecule has 2 aliphatic heterocycles. The van der Waals surface area contributed by atoms with Gasteiger partial charge in [0.15, 0.2) is 12.5 Å². The molecule has 9 heteroatoms. The van der Waals surface area contributed by atoms with Crippen molar-refractivity contribution in [1.29, 1.82) is 0 Å². The molecule has 0 amide bonds. The number of ether oxygens (including phenoxy) is 3. The number of unbranched alkanes of at least 4 members (excludes halogenated alkanes) is 5. The summed E-state index contributed by atoms with van der Waals surface area (Å²) in [6, 6.07) is 31.7. The molecule has 0 spiro atoms. The van der Waals surface area contributed by atoms with Crippen LogP contribution in [0.3, 0.4) is 0 Å². The summed E-state index contributed by atoms with van der Waals surface area (Å²) in [5.74, 6) is 0.869. The van der Waals surface area contributed by atoms with Crippen molar-refractivity contribution in [2.75, 3.05) is 11.9 Å². The fourth-order valence-corrected chi connectivity index (χ4v) is 7.69. The Bertz CT molecular complexity index is 2090. The quantitative estimate of drug-likeness (QED) is 0.121. The number of anilines is 1. The van der Waals surface area contributed by atoms with Crippen LogP contribution < -0.4 is 5.32 Å². The van der Waals surface area contributed by atoms with Gasteiger partial charge in [0.25, 0.3) is 0 Å². The molecule has 0 radical (unpaired) electrons. The zero-order valence-electron chi connectivity index (χ0n) is 28.7. The zero-order valence-corrected chi connectivity index (χ0v) is 28.7. The predicted molar refractivity (Wildman–Crippen MR) is 197 cm³/mol. The smallest absolute Gasteiger partial charge is 0.157 e. The molecule has 0 aliphatic carbocycles. The third kappa shape index (κ3) is 6.18. The van der Waals surface area contributed by atoms with Crippen LogP contribution in [0.2, 0.25) is 0 Å². The molecule has 0 bridgehead atoms. The van der Waals surface area contributed by atoms with Gasteiger partial charge in [0.1, 0.15) is 30.2 Å². The summed E-state index contributed by atoms with van der Waals surface area (Å²) in [4.78, 5) is 5.15. The highest BCUT2D eigenvalue weighted by Crippen LogP contribution is 2.36. The summed E-state index contributed by atoms with van der Waals surface area (Å²) in [5.41, 5.74) is 7.22. The summed E-state index contributed by atoms with van der Waals surface area (Å²) < 4.78 is 22.0. The molecule has 2 fully saturated rings. The summed E-state index contributed by atoms with van der Waals surface area (Å²) in [7, 11) is 0. The molecule has 260 valence electrons. The maximum Gasteiger partial charge on any atom is 0.157 e. The van der Waals surface area contributed by atoms with Crippen LogP contribution in [0.5, 0.6) is 0 Å². The number of aliphatic hydroxyl groups excluding tert-OH is 2. The molecule has 50 heavy (non-hydrogen) atoms. The first-order valence-electron chi connectivity index (χ1n) is 18.1. The van der Waals surface area contributed by atoms with Gasteiger partial charge in [-0.05, 0) is 74.0 Å². The van der Waals surface area contributed by atoms with Crippen LogP contribution in [-0.4, -0.2) is 67.9 Å². The average Bonchev–Trinajstić information content (AvgIpc) is 3.68. The van der Waals surface area contributed by atoms with Crippen molar-refractivity contribution in [1.82, 2.24) is 14.1 Å². The van der Waals surface area contributed by atoms with E-state index < -0.39 is 36.9 Å². The lowest BCUT2D eigenvalue weighted by Crippen LogP contribution is -2.64. The van der Waals surface area contributed by atoms with E-state index in [4.69, 9.17) is 19.2 Å². The fourth-order valence-electron chi connectivity index (χ4n) is 7.69. The summed E-state index contributed by atoms with van der Waals surface area (Å²) in [6.07, 6.45) is 2.97. The molecule has 1 unspecified atom stereocenters. The molecule has 3 N–H and O–H groups in total. The Balaban J connectivity index is 1.09. The number of para-hydroxylation sites is 3. The van der Waals surface area contributed by atoms with Crippen LogP contribution in [0.25, 0.3) is 49.9 Å². The lowest BCUT2D eigenvalue weighted by atomic mass is 9.97. The first-order chi connectivity index (χ1) is 24.5. The second kappa shape index (κ2) is 14.2. The predicted octanol–water partition coefficient (Wildman–Crippen LogP) is 7.78. The molecule has 6 atom stereocenters. The number of nitrogens with zero attached hydrogens (tertiary/aromatic N) is 3. The number of rotatable bonds is 11. The van der Waals surface area contributed by atoms with Gasteiger partial charge >= 0.3 is 0 Å². The van der Waals surface area contributed by atoms with E-state index in [-0.39, 0.29) is 6.61 Å². The van der Waals surface area contributed by atoms with Crippen molar-refractivity contribution in [2.45, 2.75) is 95.9 Å². The maximum absolute atomic E-state index is 10.9. The van der Waals surface area contributed by atoms with Crippen LogP contribution in [0, 0.1) is 0 Å². The third-order valence-corrected chi connectivity index (χ3v) is 10.3. The first kappa shape index (κ1) is 32.9. The van der Waals surface area contributed by atoms with Gasteiger partial charge in [-0.15, -0.1) is 0 Å². The summed E-state index contributed by atoms with van der Waals surface area (Å²) in [6.45, 7) is 5.33. The molecule has 2 saturated heterocycles. The number of aliphatic hydroxyl groups is 2. The van der Waals surface area contributed by atoms with Gasteiger partial charge in [0.2, 0.25) is 0 Å². The van der Waals surface area contributed by atoms with Crippen LogP contribution in [0.4, 0.5) is 5.69 Å². The van der Waals surface area contributed by atoms with E-state index in [1.165, 1.54) is 60.3 Å². The molecular formula is C41H46N4O5. The Morgan fingerprint density at radius 3 is 2.36 bits per heavy atom. The SMILES string of the molecule is CCCCCCCCn1c2ccccc2c2cc(-c3nc4ccccc4n3-c3ccc(N[C@@H]4O[C@@H]5COC(C)O[C@H]5[C@H](O)[C@H]4O)cc3)ccc21. The summed E-state index contributed by atoms with van der Waals surface area (Å²) >= 11 is 0. The number of aryl methyl sites for hydroxylation is 1. The molecule has 6 aromatic rings. The molecule has 4 heterocycles. The Morgan fingerprint density at radius 1 is 0.780 bits per heavy atom.